The number of rotatable bonds is 6. The number of aromatic nitrogens is 2. The quantitative estimate of drug-likeness (QED) is 0.562. The largest absolute Gasteiger partial charge is 0.391 e. The maximum atomic E-state index is 11.7. The Morgan fingerprint density at radius 3 is 2.47 bits per heavy atom. The second kappa shape index (κ2) is 6.89. The molecule has 0 radical (unpaired) electrons. The molecule has 19 heavy (non-hydrogen) atoms. The minimum absolute atomic E-state index is 0.0833. The Morgan fingerprint density at radius 1 is 1.32 bits per heavy atom. The van der Waals surface area contributed by atoms with Crippen LogP contribution in [-0.4, -0.2) is 33.6 Å². The molecular weight excluding hydrogens is 250 g/mol. The van der Waals surface area contributed by atoms with Gasteiger partial charge in [-0.2, -0.15) is 0 Å². The summed E-state index contributed by atoms with van der Waals surface area (Å²) in [5.74, 6) is -0.480. The predicted molar refractivity (Wildman–Crippen MR) is 70.1 cm³/mol. The van der Waals surface area contributed by atoms with Crippen molar-refractivity contribution in [3.05, 3.63) is 32.6 Å². The van der Waals surface area contributed by atoms with Crippen LogP contribution in [0.5, 0.6) is 0 Å². The maximum Gasteiger partial charge on any atom is 0.326 e. The Balaban J connectivity index is 2.65. The van der Waals surface area contributed by atoms with Gasteiger partial charge in [0.2, 0.25) is 0 Å². The van der Waals surface area contributed by atoms with Gasteiger partial charge in [-0.05, 0) is 5.92 Å². The first-order chi connectivity index (χ1) is 8.97. The fourth-order valence-electron chi connectivity index (χ4n) is 1.88. The van der Waals surface area contributed by atoms with Crippen molar-refractivity contribution in [2.75, 3.05) is 6.54 Å². The Labute approximate surface area is 110 Å². The van der Waals surface area contributed by atoms with E-state index in [4.69, 9.17) is 0 Å². The number of H-pyrrole nitrogens is 2. The van der Waals surface area contributed by atoms with Gasteiger partial charge in [0.1, 0.15) is 5.69 Å². The zero-order chi connectivity index (χ0) is 14.4. The van der Waals surface area contributed by atoms with E-state index in [1.54, 1.807) is 0 Å². The average molecular weight is 269 g/mol. The molecule has 0 saturated heterocycles. The third-order valence-electron chi connectivity index (χ3n) is 3.07. The van der Waals surface area contributed by atoms with Crippen LogP contribution >= 0.6 is 0 Å². The molecule has 7 heteroatoms. The number of carbonyl (C=O) groups excluding carboxylic acids is 1. The molecule has 0 aliphatic carbocycles. The molecule has 106 valence electrons. The molecule has 0 aliphatic rings. The topological polar surface area (TPSA) is 115 Å². The van der Waals surface area contributed by atoms with E-state index in [0.29, 0.717) is 0 Å². The zero-order valence-electron chi connectivity index (χ0n) is 11.0. The molecule has 7 nitrogen and oxygen atoms in total. The Hall–Kier alpha value is -1.89. The van der Waals surface area contributed by atoms with Crippen LogP contribution in [0.2, 0.25) is 0 Å². The van der Waals surface area contributed by atoms with E-state index < -0.39 is 23.3 Å². The molecule has 0 saturated carbocycles. The number of amides is 1. The van der Waals surface area contributed by atoms with E-state index in [1.807, 2.05) is 18.8 Å². The Kier molecular flexibility index (Phi) is 5.50. The predicted octanol–water partition coefficient (Wildman–Crippen LogP) is -0.410. The van der Waals surface area contributed by atoms with E-state index in [9.17, 15) is 19.5 Å². The van der Waals surface area contributed by atoms with Gasteiger partial charge in [0.25, 0.3) is 11.5 Å². The van der Waals surface area contributed by atoms with Crippen molar-refractivity contribution < 1.29 is 9.90 Å². The lowest BCUT2D eigenvalue weighted by atomic mass is 9.96. The van der Waals surface area contributed by atoms with Crippen molar-refractivity contribution in [1.82, 2.24) is 15.3 Å². The van der Waals surface area contributed by atoms with Crippen LogP contribution in [0, 0.1) is 5.92 Å². The molecule has 1 heterocycles. The summed E-state index contributed by atoms with van der Waals surface area (Å²) in [6.45, 7) is 4.01. The fourth-order valence-corrected chi connectivity index (χ4v) is 1.88. The second-order valence-electron chi connectivity index (χ2n) is 4.36. The van der Waals surface area contributed by atoms with E-state index in [-0.39, 0.29) is 18.2 Å². The minimum Gasteiger partial charge on any atom is -0.391 e. The van der Waals surface area contributed by atoms with Gasteiger partial charge in [-0.15, -0.1) is 0 Å². The Bertz CT molecular complexity index is 502. The van der Waals surface area contributed by atoms with Crippen LogP contribution in [0.3, 0.4) is 0 Å². The number of nitrogens with one attached hydrogen (secondary N) is 3. The van der Waals surface area contributed by atoms with Crippen molar-refractivity contribution in [3.8, 4) is 0 Å². The number of aromatic amines is 2. The molecule has 0 bridgehead atoms. The van der Waals surface area contributed by atoms with Crippen LogP contribution < -0.4 is 16.6 Å². The molecule has 0 aliphatic heterocycles. The number of hydrogen-bond acceptors (Lipinski definition) is 4. The van der Waals surface area contributed by atoms with Crippen LogP contribution in [0.4, 0.5) is 0 Å². The van der Waals surface area contributed by atoms with Crippen molar-refractivity contribution in [1.29, 1.82) is 0 Å². The normalized spacial score (nSPS) is 12.4. The summed E-state index contributed by atoms with van der Waals surface area (Å²) in [7, 11) is 0. The minimum atomic E-state index is -0.738. The number of carbonyl (C=O) groups is 1. The van der Waals surface area contributed by atoms with E-state index in [1.165, 1.54) is 0 Å². The van der Waals surface area contributed by atoms with Gasteiger partial charge >= 0.3 is 5.69 Å². The lowest BCUT2D eigenvalue weighted by Crippen LogP contribution is -2.38. The first-order valence-corrected chi connectivity index (χ1v) is 6.27. The summed E-state index contributed by atoms with van der Waals surface area (Å²) in [5, 5.41) is 12.3. The number of aliphatic hydroxyl groups is 1. The second-order valence-corrected chi connectivity index (χ2v) is 4.36. The van der Waals surface area contributed by atoms with Crippen LogP contribution in [0.15, 0.2) is 15.7 Å². The van der Waals surface area contributed by atoms with Crippen molar-refractivity contribution in [2.45, 2.75) is 32.8 Å². The third kappa shape index (κ3) is 4.36. The molecular formula is C12H19N3O4. The lowest BCUT2D eigenvalue weighted by molar-refractivity contribution is 0.0812. The highest BCUT2D eigenvalue weighted by Crippen LogP contribution is 2.12. The molecule has 0 fully saturated rings. The van der Waals surface area contributed by atoms with Gasteiger partial charge in [-0.1, -0.05) is 26.7 Å². The van der Waals surface area contributed by atoms with Gasteiger partial charge < -0.3 is 15.4 Å². The Morgan fingerprint density at radius 2 is 1.95 bits per heavy atom. The first-order valence-electron chi connectivity index (χ1n) is 6.27. The SMILES string of the molecule is CCC(CC)C(O)CNC(=O)c1cc(=O)[nH]c(=O)[nH]1. The van der Waals surface area contributed by atoms with Crippen molar-refractivity contribution in [2.24, 2.45) is 5.92 Å². The zero-order valence-corrected chi connectivity index (χ0v) is 11.0. The summed E-state index contributed by atoms with van der Waals surface area (Å²) in [6.07, 6.45) is 0.984. The fraction of sp³-hybridized carbons (Fsp3) is 0.583. The van der Waals surface area contributed by atoms with Gasteiger partial charge in [0.05, 0.1) is 6.10 Å². The van der Waals surface area contributed by atoms with Crippen molar-refractivity contribution >= 4 is 5.91 Å². The van der Waals surface area contributed by atoms with Crippen LogP contribution in [-0.2, 0) is 0 Å². The van der Waals surface area contributed by atoms with E-state index in [0.717, 1.165) is 18.9 Å². The van der Waals surface area contributed by atoms with Crippen LogP contribution in [0.25, 0.3) is 0 Å². The average Bonchev–Trinajstić information content (AvgIpc) is 2.36. The molecule has 1 amide bonds. The van der Waals surface area contributed by atoms with E-state index >= 15 is 0 Å². The summed E-state index contributed by atoms with van der Waals surface area (Å²) in [5.41, 5.74) is -1.50. The van der Waals surface area contributed by atoms with Gasteiger partial charge in [0, 0.05) is 12.6 Å². The summed E-state index contributed by atoms with van der Waals surface area (Å²) in [6, 6.07) is 1.00. The van der Waals surface area contributed by atoms with E-state index in [2.05, 4.69) is 10.3 Å². The van der Waals surface area contributed by atoms with Gasteiger partial charge in [-0.3, -0.25) is 14.6 Å². The number of aliphatic hydroxyl groups excluding tert-OH is 1. The molecule has 0 spiro atoms. The highest BCUT2D eigenvalue weighted by atomic mass is 16.3. The molecule has 0 aromatic carbocycles. The van der Waals surface area contributed by atoms with Gasteiger partial charge in [0.15, 0.2) is 0 Å². The third-order valence-corrected chi connectivity index (χ3v) is 3.07. The van der Waals surface area contributed by atoms with Crippen LogP contribution in [0.1, 0.15) is 37.2 Å². The standard InChI is InChI=1S/C12H19N3O4/c1-3-7(4-2)9(16)6-13-11(18)8-5-10(17)15-12(19)14-8/h5,7,9,16H,3-4,6H2,1-2H3,(H,13,18)(H2,14,15,17,19). The monoisotopic (exact) mass is 269 g/mol. The first kappa shape index (κ1) is 15.2. The smallest absolute Gasteiger partial charge is 0.326 e. The molecule has 1 rings (SSSR count). The molecule has 1 atom stereocenters. The maximum absolute atomic E-state index is 11.7. The summed E-state index contributed by atoms with van der Waals surface area (Å²) in [4.78, 5) is 38.0. The van der Waals surface area contributed by atoms with Gasteiger partial charge in [-0.25, -0.2) is 4.79 Å². The molecule has 1 unspecified atom stereocenters. The highest BCUT2D eigenvalue weighted by Gasteiger charge is 2.17. The molecule has 1 aromatic rings. The summed E-state index contributed by atoms with van der Waals surface area (Å²) < 4.78 is 0. The van der Waals surface area contributed by atoms with Crippen molar-refractivity contribution in [3.63, 3.8) is 0 Å². The molecule has 4 N–H and O–H groups in total. The lowest BCUT2D eigenvalue weighted by Gasteiger charge is -2.20. The highest BCUT2D eigenvalue weighted by molar-refractivity contribution is 5.92. The summed E-state index contributed by atoms with van der Waals surface area (Å²) >= 11 is 0. The number of hydrogen-bond donors (Lipinski definition) is 4. The molecule has 1 aromatic heterocycles.